The molecular formula is C11H12N4OS. The highest BCUT2D eigenvalue weighted by Crippen LogP contribution is 2.08. The minimum atomic E-state index is 0.282. The van der Waals surface area contributed by atoms with Gasteiger partial charge < -0.3 is 15.6 Å². The highest BCUT2D eigenvalue weighted by atomic mass is 32.1. The molecule has 2 aromatic heterocycles. The number of aromatic nitrogens is 2. The van der Waals surface area contributed by atoms with Gasteiger partial charge in [0.2, 0.25) is 0 Å². The van der Waals surface area contributed by atoms with Gasteiger partial charge in [0.1, 0.15) is 10.8 Å². The molecule has 2 aromatic rings. The summed E-state index contributed by atoms with van der Waals surface area (Å²) < 4.78 is 5.07. The van der Waals surface area contributed by atoms with Crippen LogP contribution in [0.4, 0.5) is 5.82 Å². The summed E-state index contributed by atoms with van der Waals surface area (Å²) in [6.07, 6.45) is 0. The third-order valence-electron chi connectivity index (χ3n) is 2.12. The Morgan fingerprint density at radius 2 is 2.35 bits per heavy atom. The van der Waals surface area contributed by atoms with Crippen LogP contribution >= 0.6 is 12.2 Å². The standard InChI is InChI=1S/C11H12N4OS/c1-7-5-8(16-15-7)6-13-10-4-2-3-9(14-10)11(12)17/h2-5H,6H2,1H3,(H2,12,17)(H,13,14). The van der Waals surface area contributed by atoms with Crippen LogP contribution < -0.4 is 11.1 Å². The van der Waals surface area contributed by atoms with Crippen molar-refractivity contribution in [2.24, 2.45) is 5.73 Å². The van der Waals surface area contributed by atoms with Crippen molar-refractivity contribution < 1.29 is 4.52 Å². The van der Waals surface area contributed by atoms with Crippen LogP contribution in [0.2, 0.25) is 0 Å². The summed E-state index contributed by atoms with van der Waals surface area (Å²) in [5.74, 6) is 1.45. The largest absolute Gasteiger partial charge is 0.388 e. The lowest BCUT2D eigenvalue weighted by Crippen LogP contribution is -2.12. The summed E-state index contributed by atoms with van der Waals surface area (Å²) in [5, 5.41) is 6.91. The monoisotopic (exact) mass is 248 g/mol. The van der Waals surface area contributed by atoms with Crippen LogP contribution in [0.15, 0.2) is 28.8 Å². The first-order chi connectivity index (χ1) is 8.15. The predicted molar refractivity (Wildman–Crippen MR) is 68.7 cm³/mol. The molecular weight excluding hydrogens is 236 g/mol. The average molecular weight is 248 g/mol. The summed E-state index contributed by atoms with van der Waals surface area (Å²) in [5.41, 5.74) is 6.96. The maximum atomic E-state index is 5.51. The van der Waals surface area contributed by atoms with Gasteiger partial charge in [-0.05, 0) is 19.1 Å². The van der Waals surface area contributed by atoms with Crippen molar-refractivity contribution in [3.63, 3.8) is 0 Å². The van der Waals surface area contributed by atoms with Crippen molar-refractivity contribution in [1.29, 1.82) is 0 Å². The van der Waals surface area contributed by atoms with Crippen molar-refractivity contribution in [3.05, 3.63) is 41.4 Å². The van der Waals surface area contributed by atoms with Gasteiger partial charge in [-0.3, -0.25) is 0 Å². The third-order valence-corrected chi connectivity index (χ3v) is 2.33. The molecule has 2 heterocycles. The average Bonchev–Trinajstić information content (AvgIpc) is 2.73. The number of pyridine rings is 1. The summed E-state index contributed by atoms with van der Waals surface area (Å²) in [7, 11) is 0. The third kappa shape index (κ3) is 3.01. The van der Waals surface area contributed by atoms with E-state index in [1.54, 1.807) is 6.07 Å². The molecule has 0 spiro atoms. The maximum Gasteiger partial charge on any atom is 0.156 e. The molecule has 0 aliphatic carbocycles. The van der Waals surface area contributed by atoms with Crippen LogP contribution in [-0.2, 0) is 6.54 Å². The lowest BCUT2D eigenvalue weighted by atomic mass is 10.3. The molecule has 17 heavy (non-hydrogen) atoms. The smallest absolute Gasteiger partial charge is 0.156 e. The lowest BCUT2D eigenvalue weighted by Gasteiger charge is -2.04. The van der Waals surface area contributed by atoms with Crippen LogP contribution in [0.5, 0.6) is 0 Å². The number of nitrogens with one attached hydrogen (secondary N) is 1. The molecule has 0 aliphatic heterocycles. The minimum absolute atomic E-state index is 0.282. The molecule has 0 fully saturated rings. The highest BCUT2D eigenvalue weighted by molar-refractivity contribution is 7.80. The zero-order chi connectivity index (χ0) is 12.3. The number of aryl methyl sites for hydroxylation is 1. The van der Waals surface area contributed by atoms with Gasteiger partial charge in [0.05, 0.1) is 17.9 Å². The van der Waals surface area contributed by atoms with Crippen LogP contribution in [0.3, 0.4) is 0 Å². The van der Waals surface area contributed by atoms with E-state index >= 15 is 0 Å². The van der Waals surface area contributed by atoms with E-state index in [-0.39, 0.29) is 4.99 Å². The fourth-order valence-electron chi connectivity index (χ4n) is 1.35. The van der Waals surface area contributed by atoms with Gasteiger partial charge in [0.25, 0.3) is 0 Å². The zero-order valence-corrected chi connectivity index (χ0v) is 10.1. The van der Waals surface area contributed by atoms with E-state index in [0.29, 0.717) is 18.1 Å². The van der Waals surface area contributed by atoms with Crippen molar-refractivity contribution >= 4 is 23.0 Å². The zero-order valence-electron chi connectivity index (χ0n) is 9.30. The van der Waals surface area contributed by atoms with E-state index in [4.69, 9.17) is 22.5 Å². The molecule has 0 atom stereocenters. The van der Waals surface area contributed by atoms with Gasteiger partial charge in [0, 0.05) is 6.07 Å². The van der Waals surface area contributed by atoms with Gasteiger partial charge >= 0.3 is 0 Å². The maximum absolute atomic E-state index is 5.51. The molecule has 0 amide bonds. The van der Waals surface area contributed by atoms with E-state index < -0.39 is 0 Å². The van der Waals surface area contributed by atoms with Gasteiger partial charge in [-0.2, -0.15) is 0 Å². The summed E-state index contributed by atoms with van der Waals surface area (Å²) in [6, 6.07) is 7.32. The van der Waals surface area contributed by atoms with Crippen molar-refractivity contribution in [2.75, 3.05) is 5.32 Å². The van der Waals surface area contributed by atoms with Crippen molar-refractivity contribution in [1.82, 2.24) is 10.1 Å². The Morgan fingerprint density at radius 1 is 1.53 bits per heavy atom. The Kier molecular flexibility index (Phi) is 3.34. The fourth-order valence-corrected chi connectivity index (χ4v) is 1.46. The number of hydrogen-bond acceptors (Lipinski definition) is 5. The molecule has 0 aliphatic rings. The summed E-state index contributed by atoms with van der Waals surface area (Å²) in [4.78, 5) is 4.54. The number of nitrogens with two attached hydrogens (primary N) is 1. The van der Waals surface area contributed by atoms with E-state index in [1.807, 2.05) is 25.1 Å². The molecule has 0 unspecified atom stereocenters. The van der Waals surface area contributed by atoms with Gasteiger partial charge in [0.15, 0.2) is 5.76 Å². The first-order valence-electron chi connectivity index (χ1n) is 5.08. The molecule has 0 saturated heterocycles. The molecule has 2 rings (SSSR count). The van der Waals surface area contributed by atoms with Gasteiger partial charge in [-0.15, -0.1) is 0 Å². The second-order valence-corrected chi connectivity index (χ2v) is 4.00. The van der Waals surface area contributed by atoms with Crippen LogP contribution in [-0.4, -0.2) is 15.1 Å². The van der Waals surface area contributed by atoms with E-state index in [1.165, 1.54) is 0 Å². The number of nitrogens with zero attached hydrogens (tertiary/aromatic N) is 2. The molecule has 88 valence electrons. The Morgan fingerprint density at radius 3 is 3.00 bits per heavy atom. The second-order valence-electron chi connectivity index (χ2n) is 3.56. The quantitative estimate of drug-likeness (QED) is 0.801. The Labute approximate surface area is 104 Å². The Bertz CT molecular complexity index is 538. The molecule has 6 heteroatoms. The first kappa shape index (κ1) is 11.5. The minimum Gasteiger partial charge on any atom is -0.388 e. The van der Waals surface area contributed by atoms with E-state index in [9.17, 15) is 0 Å². The highest BCUT2D eigenvalue weighted by Gasteiger charge is 2.02. The molecule has 0 saturated carbocycles. The van der Waals surface area contributed by atoms with Crippen molar-refractivity contribution in [3.8, 4) is 0 Å². The topological polar surface area (TPSA) is 77.0 Å². The van der Waals surface area contributed by atoms with Crippen LogP contribution in [0.25, 0.3) is 0 Å². The lowest BCUT2D eigenvalue weighted by molar-refractivity contribution is 0.384. The van der Waals surface area contributed by atoms with Crippen molar-refractivity contribution in [2.45, 2.75) is 13.5 Å². The molecule has 0 bridgehead atoms. The molecule has 0 aromatic carbocycles. The molecule has 0 radical (unpaired) electrons. The normalized spacial score (nSPS) is 10.2. The predicted octanol–water partition coefficient (Wildman–Crippen LogP) is 1.62. The molecule has 5 nitrogen and oxygen atoms in total. The van der Waals surface area contributed by atoms with Crippen LogP contribution in [0.1, 0.15) is 17.1 Å². The van der Waals surface area contributed by atoms with Gasteiger partial charge in [-0.25, -0.2) is 4.98 Å². The number of hydrogen-bond donors (Lipinski definition) is 2. The Hall–Kier alpha value is -1.95. The van der Waals surface area contributed by atoms with Crippen LogP contribution in [0, 0.1) is 6.92 Å². The van der Waals surface area contributed by atoms with Gasteiger partial charge in [-0.1, -0.05) is 23.4 Å². The Balaban J connectivity index is 2.04. The SMILES string of the molecule is Cc1cc(CNc2cccc(C(N)=S)n2)on1. The molecule has 3 N–H and O–H groups in total. The van der Waals surface area contributed by atoms with E-state index in [0.717, 1.165) is 11.5 Å². The summed E-state index contributed by atoms with van der Waals surface area (Å²) in [6.45, 7) is 2.40. The number of rotatable bonds is 4. The number of anilines is 1. The second kappa shape index (κ2) is 4.92. The number of thiocarbonyl (C=S) groups is 1. The van der Waals surface area contributed by atoms with E-state index in [2.05, 4.69) is 15.5 Å². The first-order valence-corrected chi connectivity index (χ1v) is 5.49. The fraction of sp³-hybridized carbons (Fsp3) is 0.182. The summed E-state index contributed by atoms with van der Waals surface area (Å²) >= 11 is 4.86.